The van der Waals surface area contributed by atoms with Gasteiger partial charge in [-0.1, -0.05) is 12.1 Å². The molecule has 0 aliphatic heterocycles. The second-order valence-corrected chi connectivity index (χ2v) is 4.26. The molecule has 0 atom stereocenters. The fraction of sp³-hybridized carbons (Fsp3) is 0.0667. The van der Waals surface area contributed by atoms with Gasteiger partial charge >= 0.3 is 0 Å². The van der Waals surface area contributed by atoms with E-state index in [4.69, 9.17) is 0 Å². The molecule has 0 radical (unpaired) electrons. The van der Waals surface area contributed by atoms with E-state index in [9.17, 15) is 0 Å². The Morgan fingerprint density at radius 2 is 1.68 bits per heavy atom. The summed E-state index contributed by atoms with van der Waals surface area (Å²) in [5, 5.41) is 10.3. The molecule has 2 N–H and O–H groups in total. The SMILES string of the molecule is c1cc(CNc2ccc(-c3ccn[nH]3)cc2)ccn1. The van der Waals surface area contributed by atoms with Crippen molar-refractivity contribution in [3.8, 4) is 11.3 Å². The summed E-state index contributed by atoms with van der Waals surface area (Å²) in [6, 6.07) is 14.2. The Bertz CT molecular complexity index is 615. The minimum absolute atomic E-state index is 0.798. The van der Waals surface area contributed by atoms with Gasteiger partial charge in [-0.2, -0.15) is 5.10 Å². The summed E-state index contributed by atoms with van der Waals surface area (Å²) >= 11 is 0. The van der Waals surface area contributed by atoms with Gasteiger partial charge in [0.1, 0.15) is 0 Å². The number of nitrogens with one attached hydrogen (secondary N) is 2. The number of benzene rings is 1. The zero-order chi connectivity index (χ0) is 12.9. The standard InChI is InChI=1S/C15H14N4/c1-3-14(17-11-12-5-8-16-9-6-12)4-2-13(1)15-7-10-18-19-15/h1-10,17H,11H2,(H,18,19). The van der Waals surface area contributed by atoms with Crippen LogP contribution in [0, 0.1) is 0 Å². The second-order valence-electron chi connectivity index (χ2n) is 4.26. The van der Waals surface area contributed by atoms with E-state index in [1.807, 2.05) is 18.2 Å². The van der Waals surface area contributed by atoms with Crippen molar-refractivity contribution < 1.29 is 0 Å². The largest absolute Gasteiger partial charge is 0.381 e. The van der Waals surface area contributed by atoms with Crippen molar-refractivity contribution in [3.05, 3.63) is 66.6 Å². The Morgan fingerprint density at radius 1 is 0.895 bits per heavy atom. The topological polar surface area (TPSA) is 53.6 Å². The van der Waals surface area contributed by atoms with Crippen molar-refractivity contribution in [2.24, 2.45) is 0 Å². The highest BCUT2D eigenvalue weighted by atomic mass is 15.1. The van der Waals surface area contributed by atoms with E-state index in [1.54, 1.807) is 18.6 Å². The van der Waals surface area contributed by atoms with E-state index in [-0.39, 0.29) is 0 Å². The van der Waals surface area contributed by atoms with Crippen LogP contribution in [0.2, 0.25) is 0 Å². The zero-order valence-electron chi connectivity index (χ0n) is 10.4. The third-order valence-corrected chi connectivity index (χ3v) is 2.94. The van der Waals surface area contributed by atoms with E-state index >= 15 is 0 Å². The van der Waals surface area contributed by atoms with Gasteiger partial charge in [-0.25, -0.2) is 0 Å². The van der Waals surface area contributed by atoms with E-state index in [2.05, 4.69) is 44.8 Å². The van der Waals surface area contributed by atoms with Crippen LogP contribution in [0.5, 0.6) is 0 Å². The first-order valence-corrected chi connectivity index (χ1v) is 6.14. The summed E-state index contributed by atoms with van der Waals surface area (Å²) in [6.45, 7) is 0.798. The molecule has 0 saturated carbocycles. The molecule has 0 bridgehead atoms. The summed E-state index contributed by atoms with van der Waals surface area (Å²) in [7, 11) is 0. The molecular formula is C15H14N4. The predicted octanol–water partition coefficient (Wildman–Crippen LogP) is 3.08. The smallest absolute Gasteiger partial charge is 0.0650 e. The van der Waals surface area contributed by atoms with Crippen LogP contribution in [0.3, 0.4) is 0 Å². The Kier molecular flexibility index (Phi) is 3.23. The van der Waals surface area contributed by atoms with Gasteiger partial charge in [-0.15, -0.1) is 0 Å². The molecule has 0 fully saturated rings. The van der Waals surface area contributed by atoms with E-state index < -0.39 is 0 Å². The van der Waals surface area contributed by atoms with Gasteiger partial charge < -0.3 is 5.32 Å². The normalized spacial score (nSPS) is 10.3. The Labute approximate surface area is 111 Å². The van der Waals surface area contributed by atoms with Crippen LogP contribution in [0.15, 0.2) is 61.1 Å². The molecule has 94 valence electrons. The highest BCUT2D eigenvalue weighted by Gasteiger charge is 1.99. The van der Waals surface area contributed by atoms with Gasteiger partial charge in [0.15, 0.2) is 0 Å². The summed E-state index contributed by atoms with van der Waals surface area (Å²) in [4.78, 5) is 4.00. The molecular weight excluding hydrogens is 236 g/mol. The fourth-order valence-corrected chi connectivity index (χ4v) is 1.89. The first-order valence-electron chi connectivity index (χ1n) is 6.14. The maximum Gasteiger partial charge on any atom is 0.0650 e. The maximum atomic E-state index is 4.00. The van der Waals surface area contributed by atoms with Gasteiger partial charge in [-0.3, -0.25) is 10.1 Å². The Hall–Kier alpha value is -2.62. The molecule has 0 amide bonds. The number of pyridine rings is 1. The first-order chi connectivity index (χ1) is 9.42. The minimum atomic E-state index is 0.798. The number of anilines is 1. The maximum absolute atomic E-state index is 4.00. The van der Waals surface area contributed by atoms with Crippen LogP contribution in [0.4, 0.5) is 5.69 Å². The van der Waals surface area contributed by atoms with Gasteiger partial charge in [0.2, 0.25) is 0 Å². The van der Waals surface area contributed by atoms with Crippen LogP contribution >= 0.6 is 0 Å². The van der Waals surface area contributed by atoms with E-state index in [1.165, 1.54) is 5.56 Å². The predicted molar refractivity (Wildman–Crippen MR) is 75.6 cm³/mol. The lowest BCUT2D eigenvalue weighted by atomic mass is 10.1. The summed E-state index contributed by atoms with van der Waals surface area (Å²) < 4.78 is 0. The number of aromatic nitrogens is 3. The van der Waals surface area contributed by atoms with Gasteiger partial charge in [0.25, 0.3) is 0 Å². The van der Waals surface area contributed by atoms with E-state index in [0.29, 0.717) is 0 Å². The molecule has 2 aromatic heterocycles. The van der Waals surface area contributed by atoms with Crippen LogP contribution in [0.1, 0.15) is 5.56 Å². The Morgan fingerprint density at radius 3 is 2.37 bits per heavy atom. The highest BCUT2D eigenvalue weighted by Crippen LogP contribution is 2.19. The third kappa shape index (κ3) is 2.80. The molecule has 4 heteroatoms. The molecule has 1 aromatic carbocycles. The average Bonchev–Trinajstić information content (AvgIpc) is 3.01. The first kappa shape index (κ1) is 11.5. The van der Waals surface area contributed by atoms with Crippen molar-refractivity contribution in [3.63, 3.8) is 0 Å². The van der Waals surface area contributed by atoms with Crippen LogP contribution in [0.25, 0.3) is 11.3 Å². The van der Waals surface area contributed by atoms with Gasteiger partial charge in [-0.05, 0) is 41.5 Å². The molecule has 3 rings (SSSR count). The van der Waals surface area contributed by atoms with Crippen molar-refractivity contribution >= 4 is 5.69 Å². The molecule has 2 heterocycles. The number of rotatable bonds is 4. The van der Waals surface area contributed by atoms with Crippen LogP contribution in [-0.4, -0.2) is 15.2 Å². The number of hydrogen-bond acceptors (Lipinski definition) is 3. The molecule has 0 unspecified atom stereocenters. The second kappa shape index (κ2) is 5.35. The summed E-state index contributed by atoms with van der Waals surface area (Å²) in [5.74, 6) is 0. The van der Waals surface area contributed by atoms with Crippen molar-refractivity contribution in [1.29, 1.82) is 0 Å². The molecule has 0 aliphatic carbocycles. The highest BCUT2D eigenvalue weighted by molar-refractivity contribution is 5.62. The number of hydrogen-bond donors (Lipinski definition) is 2. The molecule has 0 saturated heterocycles. The number of nitrogens with zero attached hydrogens (tertiary/aromatic N) is 2. The molecule has 0 spiro atoms. The molecule has 4 nitrogen and oxygen atoms in total. The van der Waals surface area contributed by atoms with Crippen LogP contribution in [-0.2, 0) is 6.54 Å². The lowest BCUT2D eigenvalue weighted by molar-refractivity contribution is 1.09. The van der Waals surface area contributed by atoms with Crippen molar-refractivity contribution in [2.75, 3.05) is 5.32 Å². The summed E-state index contributed by atoms with van der Waals surface area (Å²) in [5.41, 5.74) is 4.47. The summed E-state index contributed by atoms with van der Waals surface area (Å²) in [6.07, 6.45) is 5.36. The quantitative estimate of drug-likeness (QED) is 0.748. The molecule has 19 heavy (non-hydrogen) atoms. The average molecular weight is 250 g/mol. The molecule has 0 aliphatic rings. The number of H-pyrrole nitrogens is 1. The third-order valence-electron chi connectivity index (χ3n) is 2.94. The van der Waals surface area contributed by atoms with Crippen molar-refractivity contribution in [1.82, 2.24) is 15.2 Å². The van der Waals surface area contributed by atoms with E-state index in [0.717, 1.165) is 23.5 Å². The fourth-order valence-electron chi connectivity index (χ4n) is 1.89. The lowest BCUT2D eigenvalue weighted by Crippen LogP contribution is -1.98. The zero-order valence-corrected chi connectivity index (χ0v) is 10.4. The van der Waals surface area contributed by atoms with Crippen LogP contribution < -0.4 is 5.32 Å². The number of aromatic amines is 1. The lowest BCUT2D eigenvalue weighted by Gasteiger charge is -2.07. The van der Waals surface area contributed by atoms with Gasteiger partial charge in [0.05, 0.1) is 5.69 Å². The minimum Gasteiger partial charge on any atom is -0.381 e. The Balaban J connectivity index is 1.67. The monoisotopic (exact) mass is 250 g/mol. The molecule has 3 aromatic rings. The van der Waals surface area contributed by atoms with Gasteiger partial charge in [0, 0.05) is 30.8 Å². The van der Waals surface area contributed by atoms with Crippen molar-refractivity contribution in [2.45, 2.75) is 6.54 Å².